The molecule has 152 valence electrons. The maximum absolute atomic E-state index is 12.7. The first-order valence-corrected chi connectivity index (χ1v) is 10.1. The fraction of sp³-hybridized carbons (Fsp3) is 0.250. The Morgan fingerprint density at radius 3 is 2.66 bits per heavy atom. The second kappa shape index (κ2) is 9.58. The molecule has 0 aliphatic carbocycles. The predicted octanol–water partition coefficient (Wildman–Crippen LogP) is 4.56. The Bertz CT molecular complexity index is 1040. The topological polar surface area (TPSA) is 109 Å². The number of benzene rings is 1. The number of esters is 1. The highest BCUT2D eigenvalue weighted by Gasteiger charge is 2.23. The molecule has 2 N–H and O–H groups in total. The van der Waals surface area contributed by atoms with Crippen molar-refractivity contribution in [3.8, 4) is 17.6 Å². The summed E-state index contributed by atoms with van der Waals surface area (Å²) in [5.74, 6) is -1.09. The quantitative estimate of drug-likeness (QED) is 0.357. The molecule has 0 fully saturated rings. The van der Waals surface area contributed by atoms with Gasteiger partial charge in [0.2, 0.25) is 0 Å². The smallest absolute Gasteiger partial charge is 0.341 e. The second-order valence-electron chi connectivity index (χ2n) is 5.89. The van der Waals surface area contributed by atoms with E-state index in [0.29, 0.717) is 15.0 Å². The van der Waals surface area contributed by atoms with E-state index >= 15 is 0 Å². The summed E-state index contributed by atoms with van der Waals surface area (Å²) in [6.07, 6.45) is 1.36. The van der Waals surface area contributed by atoms with Gasteiger partial charge in [0.05, 0.1) is 23.8 Å². The van der Waals surface area contributed by atoms with Crippen LogP contribution in [0, 0.1) is 25.2 Å². The van der Waals surface area contributed by atoms with Crippen LogP contribution in [0.1, 0.15) is 33.3 Å². The number of rotatable bonds is 6. The van der Waals surface area contributed by atoms with Crippen LogP contribution in [0.2, 0.25) is 0 Å². The van der Waals surface area contributed by atoms with E-state index < -0.39 is 11.9 Å². The number of aromatic hydroxyl groups is 1. The number of ether oxygens (including phenoxy) is 2. The number of phenols is 1. The van der Waals surface area contributed by atoms with E-state index in [9.17, 15) is 20.0 Å². The molecule has 2 aromatic rings. The van der Waals surface area contributed by atoms with Crippen molar-refractivity contribution in [2.75, 3.05) is 19.0 Å². The highest BCUT2D eigenvalue weighted by Crippen LogP contribution is 2.36. The molecule has 0 unspecified atom stereocenters. The zero-order valence-electron chi connectivity index (χ0n) is 16.3. The molecule has 7 nitrogen and oxygen atoms in total. The Hall–Kier alpha value is -2.83. The molecular weight excluding hydrogens is 460 g/mol. The molecule has 0 saturated carbocycles. The van der Waals surface area contributed by atoms with E-state index in [1.165, 1.54) is 30.6 Å². The molecule has 0 bridgehead atoms. The van der Waals surface area contributed by atoms with E-state index in [1.807, 2.05) is 13.0 Å². The number of thiophene rings is 1. The average Bonchev–Trinajstić information content (AvgIpc) is 2.95. The van der Waals surface area contributed by atoms with E-state index in [2.05, 4.69) is 21.2 Å². The van der Waals surface area contributed by atoms with Gasteiger partial charge in [0.25, 0.3) is 5.91 Å². The molecule has 0 atom stereocenters. The minimum Gasteiger partial charge on any atom is -0.503 e. The first kappa shape index (κ1) is 22.5. The van der Waals surface area contributed by atoms with Crippen molar-refractivity contribution < 1.29 is 24.2 Å². The number of carbonyl (C=O) groups is 2. The van der Waals surface area contributed by atoms with E-state index in [4.69, 9.17) is 9.47 Å². The second-order valence-corrected chi connectivity index (χ2v) is 7.96. The summed E-state index contributed by atoms with van der Waals surface area (Å²) in [6.45, 7) is 5.52. The van der Waals surface area contributed by atoms with E-state index in [0.717, 1.165) is 10.4 Å². The van der Waals surface area contributed by atoms with Crippen LogP contribution in [0.5, 0.6) is 11.5 Å². The zero-order valence-corrected chi connectivity index (χ0v) is 18.7. The number of carbonyl (C=O) groups excluding carboxylic acids is 2. The molecule has 1 heterocycles. The fourth-order valence-electron chi connectivity index (χ4n) is 2.48. The number of hydrogen-bond donors (Lipinski definition) is 2. The van der Waals surface area contributed by atoms with Gasteiger partial charge in [-0.15, -0.1) is 11.3 Å². The van der Waals surface area contributed by atoms with Crippen LogP contribution in [0.4, 0.5) is 5.00 Å². The molecule has 9 heteroatoms. The van der Waals surface area contributed by atoms with Crippen LogP contribution in [-0.4, -0.2) is 30.7 Å². The van der Waals surface area contributed by atoms with Crippen molar-refractivity contribution in [1.29, 1.82) is 5.26 Å². The Morgan fingerprint density at radius 2 is 2.07 bits per heavy atom. The summed E-state index contributed by atoms with van der Waals surface area (Å²) in [6, 6.07) is 4.90. The molecule has 0 spiro atoms. The number of hydrogen-bond acceptors (Lipinski definition) is 7. The number of halogens is 1. The summed E-state index contributed by atoms with van der Waals surface area (Å²) in [7, 11) is 1.39. The van der Waals surface area contributed by atoms with Crippen molar-refractivity contribution in [3.63, 3.8) is 0 Å². The number of nitrogens with zero attached hydrogens (tertiary/aromatic N) is 1. The lowest BCUT2D eigenvalue weighted by Gasteiger charge is -2.08. The largest absolute Gasteiger partial charge is 0.503 e. The number of nitrogens with one attached hydrogen (secondary N) is 1. The maximum Gasteiger partial charge on any atom is 0.341 e. The third-order valence-corrected chi connectivity index (χ3v) is 5.77. The van der Waals surface area contributed by atoms with Gasteiger partial charge in [0.15, 0.2) is 11.5 Å². The minimum absolute atomic E-state index is 0.0868. The molecular formula is C20H19BrN2O5S. The summed E-state index contributed by atoms with van der Waals surface area (Å²) < 4.78 is 10.5. The lowest BCUT2D eigenvalue weighted by Crippen LogP contribution is -2.16. The minimum atomic E-state index is -0.664. The normalized spacial score (nSPS) is 11.0. The van der Waals surface area contributed by atoms with Gasteiger partial charge in [-0.3, -0.25) is 4.79 Å². The van der Waals surface area contributed by atoms with Crippen LogP contribution in [0.25, 0.3) is 6.08 Å². The van der Waals surface area contributed by atoms with Crippen molar-refractivity contribution in [2.45, 2.75) is 20.8 Å². The number of aryl methyl sites for hydroxylation is 1. The van der Waals surface area contributed by atoms with Crippen molar-refractivity contribution in [3.05, 3.63) is 43.7 Å². The lowest BCUT2D eigenvalue weighted by atomic mass is 10.1. The summed E-state index contributed by atoms with van der Waals surface area (Å²) in [4.78, 5) is 25.8. The van der Waals surface area contributed by atoms with Gasteiger partial charge in [-0.1, -0.05) is 0 Å². The van der Waals surface area contributed by atoms with E-state index in [-0.39, 0.29) is 29.2 Å². The maximum atomic E-state index is 12.7. The highest BCUT2D eigenvalue weighted by atomic mass is 79.9. The van der Waals surface area contributed by atoms with Gasteiger partial charge in [0.1, 0.15) is 16.6 Å². The third kappa shape index (κ3) is 4.96. The Kier molecular flexibility index (Phi) is 7.42. The lowest BCUT2D eigenvalue weighted by molar-refractivity contribution is -0.112. The van der Waals surface area contributed by atoms with Crippen molar-refractivity contribution >= 4 is 50.2 Å². The van der Waals surface area contributed by atoms with Crippen LogP contribution in [-0.2, 0) is 9.53 Å². The third-order valence-electron chi connectivity index (χ3n) is 4.04. The zero-order chi connectivity index (χ0) is 21.7. The van der Waals surface area contributed by atoms with Crippen LogP contribution in [0.3, 0.4) is 0 Å². The molecule has 1 aromatic heterocycles. The summed E-state index contributed by atoms with van der Waals surface area (Å²) >= 11 is 4.44. The van der Waals surface area contributed by atoms with Crippen LogP contribution >= 0.6 is 27.3 Å². The molecule has 0 saturated heterocycles. The number of nitriles is 1. The van der Waals surface area contributed by atoms with Gasteiger partial charge in [-0.2, -0.15) is 5.26 Å². The number of amides is 1. The molecule has 0 aliphatic heterocycles. The summed E-state index contributed by atoms with van der Waals surface area (Å²) in [5.41, 5.74) is 1.30. The van der Waals surface area contributed by atoms with Crippen molar-refractivity contribution in [2.24, 2.45) is 0 Å². The monoisotopic (exact) mass is 478 g/mol. The standard InChI is InChI=1S/C20H19BrN2O5S/c1-5-28-20(26)16-10(2)11(3)29-19(16)23-18(25)13(9-22)6-12-7-14(21)17(24)15(8-12)27-4/h6-8,24H,5H2,1-4H3,(H,23,25). The van der Waals surface area contributed by atoms with Gasteiger partial charge in [-0.05, 0) is 66.0 Å². The highest BCUT2D eigenvalue weighted by molar-refractivity contribution is 9.10. The van der Waals surface area contributed by atoms with Crippen molar-refractivity contribution in [1.82, 2.24) is 0 Å². The molecule has 0 radical (unpaired) electrons. The SMILES string of the molecule is CCOC(=O)c1c(NC(=O)C(C#N)=Cc2cc(Br)c(O)c(OC)c2)sc(C)c1C. The number of phenolic OH excluding ortho intramolecular Hbond substituents is 1. The van der Waals surface area contributed by atoms with Crippen LogP contribution < -0.4 is 10.1 Å². The van der Waals surface area contributed by atoms with Gasteiger partial charge in [0, 0.05) is 4.88 Å². The average molecular weight is 479 g/mol. The molecule has 1 amide bonds. The number of anilines is 1. The Labute approximate surface area is 180 Å². The van der Waals surface area contributed by atoms with Gasteiger partial charge < -0.3 is 19.9 Å². The van der Waals surface area contributed by atoms with Crippen LogP contribution in [0.15, 0.2) is 22.2 Å². The van der Waals surface area contributed by atoms with E-state index in [1.54, 1.807) is 19.9 Å². The Morgan fingerprint density at radius 1 is 1.38 bits per heavy atom. The first-order chi connectivity index (χ1) is 13.7. The van der Waals surface area contributed by atoms with Gasteiger partial charge >= 0.3 is 5.97 Å². The molecule has 0 aliphatic rings. The predicted molar refractivity (Wildman–Crippen MR) is 114 cm³/mol. The van der Waals surface area contributed by atoms with Gasteiger partial charge in [-0.25, -0.2) is 4.79 Å². The first-order valence-electron chi connectivity index (χ1n) is 8.50. The fourth-order valence-corrected chi connectivity index (χ4v) is 3.99. The molecule has 29 heavy (non-hydrogen) atoms. The molecule has 1 aromatic carbocycles. The summed E-state index contributed by atoms with van der Waals surface area (Å²) in [5, 5.41) is 22.3. The Balaban J connectivity index is 2.38. The number of methoxy groups -OCH3 is 1. The molecule has 2 rings (SSSR count).